The maximum Gasteiger partial charge on any atom is 0.328 e. The molecule has 0 fully saturated rings. The zero-order valence-electron chi connectivity index (χ0n) is 11.5. The molecule has 0 spiro atoms. The van der Waals surface area contributed by atoms with Crippen LogP contribution in [0.2, 0.25) is 0 Å². The molecular weight excluding hydrogens is 262 g/mol. The average Bonchev–Trinajstić information content (AvgIpc) is 2.30. The second kappa shape index (κ2) is 6.05. The van der Waals surface area contributed by atoms with Crippen LogP contribution in [-0.4, -0.2) is 28.6 Å². The number of urea groups is 1. The molecule has 20 heavy (non-hydrogen) atoms. The predicted molar refractivity (Wildman–Crippen MR) is 74.6 cm³/mol. The molecule has 0 aliphatic rings. The van der Waals surface area contributed by atoms with Gasteiger partial charge in [-0.05, 0) is 38.1 Å². The Kier molecular flexibility index (Phi) is 4.68. The van der Waals surface area contributed by atoms with Gasteiger partial charge < -0.3 is 21.1 Å². The summed E-state index contributed by atoms with van der Waals surface area (Å²) in [5, 5.41) is 16.3. The van der Waals surface area contributed by atoms with E-state index < -0.39 is 17.5 Å². The molecule has 0 aliphatic heterocycles. The molecule has 3 amide bonds. The molecule has 0 aliphatic carbocycles. The molecule has 0 aromatic heterocycles. The van der Waals surface area contributed by atoms with Crippen molar-refractivity contribution >= 4 is 29.3 Å². The van der Waals surface area contributed by atoms with Crippen LogP contribution in [0, 0.1) is 0 Å². The third-order valence-corrected chi connectivity index (χ3v) is 2.42. The minimum absolute atomic E-state index is 0.188. The van der Waals surface area contributed by atoms with Gasteiger partial charge >= 0.3 is 12.0 Å². The number of hydrogen-bond donors (Lipinski definition) is 4. The summed E-state index contributed by atoms with van der Waals surface area (Å²) in [5.74, 6) is -1.32. The van der Waals surface area contributed by atoms with Gasteiger partial charge in [-0.3, -0.25) is 4.79 Å². The molecule has 1 aromatic carbocycles. The summed E-state index contributed by atoms with van der Waals surface area (Å²) in [5.41, 5.74) is -0.271. The molecule has 0 unspecified atom stereocenters. The zero-order chi connectivity index (χ0) is 15.3. The van der Waals surface area contributed by atoms with Crippen LogP contribution < -0.4 is 16.0 Å². The summed E-state index contributed by atoms with van der Waals surface area (Å²) in [6, 6.07) is 5.82. The molecule has 1 rings (SSSR count). The van der Waals surface area contributed by atoms with Crippen molar-refractivity contribution in [2.45, 2.75) is 26.3 Å². The summed E-state index contributed by atoms with van der Waals surface area (Å²) < 4.78 is 0. The smallest absolute Gasteiger partial charge is 0.328 e. The molecule has 0 saturated heterocycles. The second-order valence-electron chi connectivity index (χ2n) is 4.77. The van der Waals surface area contributed by atoms with Gasteiger partial charge in [0.15, 0.2) is 0 Å². The maximum atomic E-state index is 11.6. The molecule has 1 aromatic rings. The first-order chi connectivity index (χ1) is 9.20. The number of rotatable bonds is 4. The van der Waals surface area contributed by atoms with E-state index in [0.29, 0.717) is 11.4 Å². The Morgan fingerprint density at radius 3 is 1.85 bits per heavy atom. The van der Waals surface area contributed by atoms with Gasteiger partial charge in [0.05, 0.1) is 0 Å². The van der Waals surface area contributed by atoms with Crippen molar-refractivity contribution in [3.63, 3.8) is 0 Å². The topological polar surface area (TPSA) is 108 Å². The molecule has 7 nitrogen and oxygen atoms in total. The first-order valence-electron chi connectivity index (χ1n) is 5.91. The zero-order valence-corrected chi connectivity index (χ0v) is 11.5. The molecule has 0 bridgehead atoms. The van der Waals surface area contributed by atoms with Crippen molar-refractivity contribution in [3.8, 4) is 0 Å². The van der Waals surface area contributed by atoms with Crippen LogP contribution in [0.1, 0.15) is 20.8 Å². The van der Waals surface area contributed by atoms with Crippen LogP contribution in [-0.2, 0) is 9.59 Å². The van der Waals surface area contributed by atoms with Crippen molar-refractivity contribution in [1.29, 1.82) is 0 Å². The number of carboxylic acids is 1. The summed E-state index contributed by atoms with van der Waals surface area (Å²) in [6.07, 6.45) is 0. The SMILES string of the molecule is CC(=O)Nc1ccc(NC(=O)NC(C)(C)C(=O)O)cc1. The van der Waals surface area contributed by atoms with Crippen molar-refractivity contribution in [2.75, 3.05) is 10.6 Å². The van der Waals surface area contributed by atoms with E-state index in [2.05, 4.69) is 16.0 Å². The number of anilines is 2. The van der Waals surface area contributed by atoms with Gasteiger partial charge in [-0.15, -0.1) is 0 Å². The summed E-state index contributed by atoms with van der Waals surface area (Å²) >= 11 is 0. The fourth-order valence-corrected chi connectivity index (χ4v) is 1.34. The number of hydrogen-bond acceptors (Lipinski definition) is 3. The largest absolute Gasteiger partial charge is 0.480 e. The second-order valence-corrected chi connectivity index (χ2v) is 4.77. The Balaban J connectivity index is 2.63. The van der Waals surface area contributed by atoms with Crippen molar-refractivity contribution in [3.05, 3.63) is 24.3 Å². The Morgan fingerprint density at radius 1 is 1.00 bits per heavy atom. The lowest BCUT2D eigenvalue weighted by Gasteiger charge is -2.21. The fourth-order valence-electron chi connectivity index (χ4n) is 1.34. The van der Waals surface area contributed by atoms with Gasteiger partial charge in [0.1, 0.15) is 5.54 Å². The number of carbonyl (C=O) groups excluding carboxylic acids is 2. The number of amides is 3. The van der Waals surface area contributed by atoms with E-state index in [9.17, 15) is 14.4 Å². The molecular formula is C13H17N3O4. The monoisotopic (exact) mass is 279 g/mol. The maximum absolute atomic E-state index is 11.6. The molecule has 4 N–H and O–H groups in total. The van der Waals surface area contributed by atoms with Gasteiger partial charge in [0, 0.05) is 18.3 Å². The molecule has 108 valence electrons. The standard InChI is InChI=1S/C13H17N3O4/c1-8(17)14-9-4-6-10(7-5-9)15-12(20)16-13(2,3)11(18)19/h4-7H,1-3H3,(H,14,17)(H,18,19)(H2,15,16,20). The van der Waals surface area contributed by atoms with Crippen LogP contribution in [0.5, 0.6) is 0 Å². The number of aliphatic carboxylic acids is 1. The number of benzene rings is 1. The fraction of sp³-hybridized carbons (Fsp3) is 0.308. The van der Waals surface area contributed by atoms with Crippen molar-refractivity contribution < 1.29 is 19.5 Å². The van der Waals surface area contributed by atoms with E-state index in [1.54, 1.807) is 24.3 Å². The summed E-state index contributed by atoms with van der Waals surface area (Å²) in [7, 11) is 0. The third-order valence-electron chi connectivity index (χ3n) is 2.42. The van der Waals surface area contributed by atoms with Gasteiger partial charge in [0.2, 0.25) is 5.91 Å². The first kappa shape index (κ1) is 15.5. The van der Waals surface area contributed by atoms with Crippen LogP contribution >= 0.6 is 0 Å². The van der Waals surface area contributed by atoms with E-state index in [1.807, 2.05) is 0 Å². The average molecular weight is 279 g/mol. The first-order valence-corrected chi connectivity index (χ1v) is 5.91. The lowest BCUT2D eigenvalue weighted by Crippen LogP contribution is -2.51. The third kappa shape index (κ3) is 4.60. The van der Waals surface area contributed by atoms with E-state index in [1.165, 1.54) is 20.8 Å². The van der Waals surface area contributed by atoms with Crippen molar-refractivity contribution in [2.24, 2.45) is 0 Å². The highest BCUT2D eigenvalue weighted by Gasteiger charge is 2.28. The van der Waals surface area contributed by atoms with E-state index in [-0.39, 0.29) is 5.91 Å². The van der Waals surface area contributed by atoms with Crippen molar-refractivity contribution in [1.82, 2.24) is 5.32 Å². The highest BCUT2D eigenvalue weighted by Crippen LogP contribution is 2.13. The summed E-state index contributed by atoms with van der Waals surface area (Å²) in [6.45, 7) is 4.16. The molecule has 0 heterocycles. The van der Waals surface area contributed by atoms with Crippen LogP contribution in [0.15, 0.2) is 24.3 Å². The highest BCUT2D eigenvalue weighted by molar-refractivity contribution is 5.94. The van der Waals surface area contributed by atoms with Gasteiger partial charge in [-0.25, -0.2) is 9.59 Å². The normalized spacial score (nSPS) is 10.6. The Labute approximate surface area is 116 Å². The lowest BCUT2D eigenvalue weighted by molar-refractivity contribution is -0.142. The number of carbonyl (C=O) groups is 3. The predicted octanol–water partition coefficient (Wildman–Crippen LogP) is 1.63. The molecule has 0 atom stereocenters. The quantitative estimate of drug-likeness (QED) is 0.671. The molecule has 0 radical (unpaired) electrons. The Morgan fingerprint density at radius 2 is 1.45 bits per heavy atom. The minimum Gasteiger partial charge on any atom is -0.480 e. The minimum atomic E-state index is -1.36. The van der Waals surface area contributed by atoms with Crippen LogP contribution in [0.3, 0.4) is 0 Å². The highest BCUT2D eigenvalue weighted by atomic mass is 16.4. The summed E-state index contributed by atoms with van der Waals surface area (Å²) in [4.78, 5) is 33.4. The van der Waals surface area contributed by atoms with E-state index >= 15 is 0 Å². The molecule has 7 heteroatoms. The van der Waals surface area contributed by atoms with Crippen LogP contribution in [0.4, 0.5) is 16.2 Å². The molecule has 0 saturated carbocycles. The van der Waals surface area contributed by atoms with E-state index in [4.69, 9.17) is 5.11 Å². The van der Waals surface area contributed by atoms with Gasteiger partial charge in [-0.1, -0.05) is 0 Å². The lowest BCUT2D eigenvalue weighted by atomic mass is 10.1. The number of carboxylic acid groups (broad SMARTS) is 1. The number of nitrogens with one attached hydrogen (secondary N) is 3. The Bertz CT molecular complexity index is 523. The Hall–Kier alpha value is -2.57. The van der Waals surface area contributed by atoms with Gasteiger partial charge in [0.25, 0.3) is 0 Å². The van der Waals surface area contributed by atoms with Gasteiger partial charge in [-0.2, -0.15) is 0 Å². The van der Waals surface area contributed by atoms with E-state index in [0.717, 1.165) is 0 Å². The van der Waals surface area contributed by atoms with Crippen LogP contribution in [0.25, 0.3) is 0 Å².